The Morgan fingerprint density at radius 2 is 2.14 bits per heavy atom. The minimum absolute atomic E-state index is 0.0344. The maximum Gasteiger partial charge on any atom is 0.251 e. The fraction of sp³-hybridized carbons (Fsp3) is 0.231. The second-order valence-electron chi connectivity index (χ2n) is 4.55. The summed E-state index contributed by atoms with van der Waals surface area (Å²) in [5.74, 6) is -0.359. The van der Waals surface area contributed by atoms with E-state index >= 15 is 0 Å². The van der Waals surface area contributed by atoms with Crippen LogP contribution < -0.4 is 11.1 Å². The van der Waals surface area contributed by atoms with E-state index in [1.54, 1.807) is 5.51 Å². The molecule has 1 aromatic heterocycles. The highest BCUT2D eigenvalue weighted by molar-refractivity contribution is 7.90. The summed E-state index contributed by atoms with van der Waals surface area (Å²) in [6.07, 6.45) is 1.70. The molecular weight excluding hydrogens is 310 g/mol. The summed E-state index contributed by atoms with van der Waals surface area (Å²) < 4.78 is 23.1. The van der Waals surface area contributed by atoms with Gasteiger partial charge >= 0.3 is 0 Å². The van der Waals surface area contributed by atoms with Crippen LogP contribution in [0.2, 0.25) is 0 Å². The number of hydrogen-bond acceptors (Lipinski definition) is 6. The fourth-order valence-electron chi connectivity index (χ4n) is 1.73. The zero-order chi connectivity index (χ0) is 15.5. The Bertz CT molecular complexity index is 740. The normalized spacial score (nSPS) is 11.3. The molecule has 8 heteroatoms. The summed E-state index contributed by atoms with van der Waals surface area (Å²) in [4.78, 5) is 16.2. The molecule has 0 spiro atoms. The van der Waals surface area contributed by atoms with Crippen molar-refractivity contribution in [2.24, 2.45) is 0 Å². The lowest BCUT2D eigenvalue weighted by molar-refractivity contribution is 0.0954. The lowest BCUT2D eigenvalue weighted by Gasteiger charge is -2.07. The molecule has 6 nitrogen and oxygen atoms in total. The number of thiazole rings is 1. The van der Waals surface area contributed by atoms with E-state index in [9.17, 15) is 13.2 Å². The molecule has 1 amide bonds. The Morgan fingerprint density at radius 3 is 2.76 bits per heavy atom. The minimum atomic E-state index is -3.41. The summed E-state index contributed by atoms with van der Waals surface area (Å²) in [7, 11) is -3.41. The largest absolute Gasteiger partial charge is 0.399 e. The van der Waals surface area contributed by atoms with E-state index in [4.69, 9.17) is 5.73 Å². The van der Waals surface area contributed by atoms with Gasteiger partial charge in [0.25, 0.3) is 5.91 Å². The zero-order valence-electron chi connectivity index (χ0n) is 11.4. The number of anilines is 1. The van der Waals surface area contributed by atoms with Crippen molar-refractivity contribution in [1.29, 1.82) is 0 Å². The van der Waals surface area contributed by atoms with Gasteiger partial charge in [0.05, 0.1) is 16.1 Å². The summed E-state index contributed by atoms with van der Waals surface area (Å²) in [6, 6.07) is 4.11. The van der Waals surface area contributed by atoms with Crippen molar-refractivity contribution in [1.82, 2.24) is 10.3 Å². The van der Waals surface area contributed by atoms with E-state index in [1.165, 1.54) is 29.5 Å². The number of sulfone groups is 1. The van der Waals surface area contributed by atoms with Crippen molar-refractivity contribution in [3.63, 3.8) is 0 Å². The van der Waals surface area contributed by atoms with Gasteiger partial charge in [-0.05, 0) is 18.2 Å². The Hall–Kier alpha value is -1.93. The van der Waals surface area contributed by atoms with Crippen LogP contribution in [0.5, 0.6) is 0 Å². The van der Waals surface area contributed by atoms with Gasteiger partial charge in [-0.1, -0.05) is 0 Å². The van der Waals surface area contributed by atoms with Gasteiger partial charge in [-0.3, -0.25) is 4.79 Å². The highest BCUT2D eigenvalue weighted by Gasteiger charge is 2.13. The van der Waals surface area contributed by atoms with Crippen LogP contribution in [0.4, 0.5) is 5.69 Å². The minimum Gasteiger partial charge on any atom is -0.399 e. The predicted molar refractivity (Wildman–Crippen MR) is 82.1 cm³/mol. The fourth-order valence-corrected chi connectivity index (χ4v) is 3.02. The van der Waals surface area contributed by atoms with Crippen LogP contribution in [0.1, 0.15) is 16.1 Å². The molecule has 0 bridgehead atoms. The third-order valence-electron chi connectivity index (χ3n) is 2.77. The third-order valence-corrected chi connectivity index (χ3v) is 4.50. The Morgan fingerprint density at radius 1 is 1.38 bits per heavy atom. The van der Waals surface area contributed by atoms with Crippen molar-refractivity contribution in [3.05, 3.63) is 40.3 Å². The van der Waals surface area contributed by atoms with Crippen LogP contribution in [0.3, 0.4) is 0 Å². The van der Waals surface area contributed by atoms with Crippen molar-refractivity contribution in [2.45, 2.75) is 11.3 Å². The molecule has 3 N–H and O–H groups in total. The molecule has 1 heterocycles. The Labute approximate surface area is 126 Å². The van der Waals surface area contributed by atoms with Crippen molar-refractivity contribution in [2.75, 3.05) is 18.5 Å². The maximum absolute atomic E-state index is 12.0. The molecule has 0 unspecified atom stereocenters. The first-order valence-corrected chi connectivity index (χ1v) is 8.95. The second-order valence-corrected chi connectivity index (χ2v) is 7.28. The molecule has 0 saturated heterocycles. The zero-order valence-corrected chi connectivity index (χ0v) is 13.0. The van der Waals surface area contributed by atoms with Crippen molar-refractivity contribution < 1.29 is 13.2 Å². The van der Waals surface area contributed by atoms with Gasteiger partial charge in [-0.25, -0.2) is 13.4 Å². The van der Waals surface area contributed by atoms with Crippen LogP contribution >= 0.6 is 11.3 Å². The third kappa shape index (κ3) is 4.27. The summed E-state index contributed by atoms with van der Waals surface area (Å²) in [5.41, 5.74) is 8.75. The van der Waals surface area contributed by atoms with Crippen LogP contribution in [-0.4, -0.2) is 32.1 Å². The highest BCUT2D eigenvalue weighted by atomic mass is 32.2. The lowest BCUT2D eigenvalue weighted by atomic mass is 10.2. The number of benzene rings is 1. The summed E-state index contributed by atoms with van der Waals surface area (Å²) >= 11 is 1.49. The maximum atomic E-state index is 12.0. The Kier molecular flexibility index (Phi) is 4.59. The van der Waals surface area contributed by atoms with Crippen molar-refractivity contribution in [3.8, 4) is 0 Å². The van der Waals surface area contributed by atoms with Crippen LogP contribution in [0.25, 0.3) is 0 Å². The first-order valence-electron chi connectivity index (χ1n) is 6.12. The second kappa shape index (κ2) is 6.23. The molecule has 0 saturated carbocycles. The molecule has 1 aromatic carbocycles. The lowest BCUT2D eigenvalue weighted by Crippen LogP contribution is -2.26. The Balaban J connectivity index is 2.07. The summed E-state index contributed by atoms with van der Waals surface area (Å²) in [6.45, 7) is 0.422. The standard InChI is InChI=1S/C13H15N3O3S2/c1-21(18,19)12-5-9(4-10(14)6-12)13(17)15-3-2-11-7-20-8-16-11/h4-8H,2-3,14H2,1H3,(H,15,17). The molecule has 112 valence electrons. The summed E-state index contributed by atoms with van der Waals surface area (Å²) in [5, 5.41) is 4.63. The van der Waals surface area contributed by atoms with Crippen molar-refractivity contribution >= 4 is 32.8 Å². The first-order chi connectivity index (χ1) is 9.86. The number of hydrogen-bond donors (Lipinski definition) is 2. The van der Waals surface area contributed by atoms with E-state index in [1.807, 2.05) is 5.38 Å². The molecule has 0 aliphatic carbocycles. The molecular formula is C13H15N3O3S2. The topological polar surface area (TPSA) is 102 Å². The van der Waals surface area contributed by atoms with Gasteiger partial charge in [0.2, 0.25) is 0 Å². The molecule has 21 heavy (non-hydrogen) atoms. The molecule has 2 rings (SSSR count). The number of aromatic nitrogens is 1. The van der Waals surface area contributed by atoms with Crippen LogP contribution in [-0.2, 0) is 16.3 Å². The molecule has 0 aliphatic rings. The quantitative estimate of drug-likeness (QED) is 0.802. The molecule has 0 aliphatic heterocycles. The van der Waals surface area contributed by atoms with E-state index < -0.39 is 9.84 Å². The number of amides is 1. The molecule has 0 radical (unpaired) electrons. The van der Waals surface area contributed by atoms with Gasteiger partial charge in [0.1, 0.15) is 0 Å². The molecule has 2 aromatic rings. The van der Waals surface area contributed by atoms with Gasteiger partial charge in [0.15, 0.2) is 9.84 Å². The number of nitrogen functional groups attached to an aromatic ring is 1. The molecule has 0 atom stereocenters. The van der Waals surface area contributed by atoms with E-state index in [0.717, 1.165) is 11.9 Å². The predicted octanol–water partition coefficient (Wildman–Crippen LogP) is 1.10. The van der Waals surface area contributed by atoms with Gasteiger partial charge in [-0.15, -0.1) is 11.3 Å². The number of nitrogens with two attached hydrogens (primary N) is 1. The number of nitrogens with zero attached hydrogens (tertiary/aromatic N) is 1. The number of carbonyl (C=O) groups is 1. The number of nitrogens with one attached hydrogen (secondary N) is 1. The monoisotopic (exact) mass is 325 g/mol. The SMILES string of the molecule is CS(=O)(=O)c1cc(N)cc(C(=O)NCCc2cscn2)c1. The highest BCUT2D eigenvalue weighted by Crippen LogP contribution is 2.16. The average Bonchev–Trinajstić information content (AvgIpc) is 2.90. The molecule has 0 fully saturated rings. The van der Waals surface area contributed by atoms with Crippen LogP contribution in [0.15, 0.2) is 34.0 Å². The van der Waals surface area contributed by atoms with E-state index in [0.29, 0.717) is 13.0 Å². The smallest absolute Gasteiger partial charge is 0.251 e. The van der Waals surface area contributed by atoms with E-state index in [2.05, 4.69) is 10.3 Å². The number of rotatable bonds is 5. The average molecular weight is 325 g/mol. The van der Waals surface area contributed by atoms with E-state index in [-0.39, 0.29) is 22.1 Å². The van der Waals surface area contributed by atoms with Gasteiger partial charge < -0.3 is 11.1 Å². The number of carbonyl (C=O) groups excluding carboxylic acids is 1. The van der Waals surface area contributed by atoms with Gasteiger partial charge in [-0.2, -0.15) is 0 Å². The van der Waals surface area contributed by atoms with Crippen LogP contribution in [0, 0.1) is 0 Å². The van der Waals surface area contributed by atoms with Gasteiger partial charge in [0, 0.05) is 35.9 Å². The first kappa shape index (κ1) is 15.5.